The van der Waals surface area contributed by atoms with Crippen LogP contribution in [0.15, 0.2) is 0 Å². The highest BCUT2D eigenvalue weighted by Gasteiger charge is 2.42. The average Bonchev–Trinajstić information content (AvgIpc) is 2.29. The molecule has 1 N–H and O–H groups in total. The van der Waals surface area contributed by atoms with E-state index in [1.54, 1.807) is 0 Å². The summed E-state index contributed by atoms with van der Waals surface area (Å²) in [6.45, 7) is 11.6. The van der Waals surface area contributed by atoms with Crippen molar-refractivity contribution in [1.82, 2.24) is 10.2 Å². The Hall–Kier alpha value is -0.610. The number of rotatable bonds is 5. The van der Waals surface area contributed by atoms with Crippen LogP contribution in [0.5, 0.6) is 0 Å². The Balaban J connectivity index is 2.70. The topological polar surface area (TPSA) is 41.6 Å². The minimum absolute atomic E-state index is 0.0792. The van der Waals surface area contributed by atoms with Gasteiger partial charge in [-0.3, -0.25) is 10.1 Å². The molecule has 1 fully saturated rings. The van der Waals surface area contributed by atoms with E-state index >= 15 is 0 Å². The van der Waals surface area contributed by atoms with Crippen LogP contribution >= 0.6 is 0 Å². The maximum Gasteiger partial charge on any atom is 0.326 e. The number of likely N-dealkylation sites (tertiary alicyclic amines) is 1. The largest absolute Gasteiger partial charge is 0.465 e. The first-order chi connectivity index (χ1) is 8.04. The van der Waals surface area contributed by atoms with Crippen molar-refractivity contribution in [2.75, 3.05) is 26.2 Å². The van der Waals surface area contributed by atoms with Gasteiger partial charge in [0.1, 0.15) is 5.54 Å². The van der Waals surface area contributed by atoms with Gasteiger partial charge in [-0.1, -0.05) is 6.92 Å². The summed E-state index contributed by atoms with van der Waals surface area (Å²) >= 11 is 0. The van der Waals surface area contributed by atoms with Crippen LogP contribution in [0, 0.1) is 0 Å². The number of nitrogens with zero attached hydrogens (tertiary/aromatic N) is 1. The van der Waals surface area contributed by atoms with E-state index in [9.17, 15) is 4.79 Å². The monoisotopic (exact) mass is 242 g/mol. The quantitative estimate of drug-likeness (QED) is 0.740. The lowest BCUT2D eigenvalue weighted by Crippen LogP contribution is -2.60. The van der Waals surface area contributed by atoms with E-state index in [0.717, 1.165) is 32.5 Å². The molecule has 0 radical (unpaired) electrons. The van der Waals surface area contributed by atoms with Crippen molar-refractivity contribution in [2.24, 2.45) is 0 Å². The summed E-state index contributed by atoms with van der Waals surface area (Å²) in [5, 5.41) is 3.42. The first kappa shape index (κ1) is 14.5. The molecule has 0 aromatic rings. The van der Waals surface area contributed by atoms with Gasteiger partial charge in [-0.2, -0.15) is 0 Å². The van der Waals surface area contributed by atoms with E-state index in [0.29, 0.717) is 12.6 Å². The molecular weight excluding hydrogens is 216 g/mol. The Bertz CT molecular complexity index is 246. The van der Waals surface area contributed by atoms with Crippen LogP contribution in [-0.4, -0.2) is 48.7 Å². The molecule has 1 aliphatic heterocycles. The number of piperidine rings is 1. The van der Waals surface area contributed by atoms with Crippen molar-refractivity contribution < 1.29 is 9.53 Å². The zero-order chi connectivity index (χ0) is 12.9. The van der Waals surface area contributed by atoms with Crippen LogP contribution in [0.1, 0.15) is 40.5 Å². The summed E-state index contributed by atoms with van der Waals surface area (Å²) < 4.78 is 5.23. The average molecular weight is 242 g/mol. The molecular formula is C13H26N2O2. The molecule has 0 unspecified atom stereocenters. The Labute approximate surface area is 105 Å². The normalized spacial score (nSPS) is 20.5. The highest BCUT2D eigenvalue weighted by atomic mass is 16.5. The van der Waals surface area contributed by atoms with Crippen molar-refractivity contribution >= 4 is 5.97 Å². The third kappa shape index (κ3) is 3.68. The fourth-order valence-electron chi connectivity index (χ4n) is 2.48. The Kier molecular flexibility index (Phi) is 5.40. The minimum atomic E-state index is -0.462. The molecule has 0 aliphatic carbocycles. The summed E-state index contributed by atoms with van der Waals surface area (Å²) in [5.41, 5.74) is -0.462. The maximum atomic E-state index is 12.1. The zero-order valence-electron chi connectivity index (χ0n) is 11.6. The predicted octanol–water partition coefficient (Wildman–Crippen LogP) is 1.40. The molecule has 1 rings (SSSR count). The van der Waals surface area contributed by atoms with E-state index in [-0.39, 0.29) is 5.97 Å². The van der Waals surface area contributed by atoms with Crippen molar-refractivity contribution in [2.45, 2.75) is 52.1 Å². The van der Waals surface area contributed by atoms with Gasteiger partial charge in [0.05, 0.1) is 6.61 Å². The fourth-order valence-corrected chi connectivity index (χ4v) is 2.48. The van der Waals surface area contributed by atoms with Gasteiger partial charge in [0.15, 0.2) is 0 Å². The molecule has 100 valence electrons. The molecule has 0 atom stereocenters. The second-order valence-corrected chi connectivity index (χ2v) is 5.04. The second kappa shape index (κ2) is 6.36. The van der Waals surface area contributed by atoms with Crippen molar-refractivity contribution in [3.05, 3.63) is 0 Å². The lowest BCUT2D eigenvalue weighted by atomic mass is 9.86. The Morgan fingerprint density at radius 1 is 1.35 bits per heavy atom. The summed E-state index contributed by atoms with van der Waals surface area (Å²) in [4.78, 5) is 14.5. The molecule has 0 aromatic carbocycles. The van der Waals surface area contributed by atoms with Crippen LogP contribution in [0.2, 0.25) is 0 Å². The fraction of sp³-hybridized carbons (Fsp3) is 0.923. The molecule has 0 bridgehead atoms. The molecule has 1 aliphatic rings. The number of hydrogen-bond acceptors (Lipinski definition) is 4. The molecule has 17 heavy (non-hydrogen) atoms. The van der Waals surface area contributed by atoms with Crippen LogP contribution in [0.3, 0.4) is 0 Å². The summed E-state index contributed by atoms with van der Waals surface area (Å²) in [7, 11) is 0. The van der Waals surface area contributed by atoms with Gasteiger partial charge in [-0.15, -0.1) is 0 Å². The molecule has 4 heteroatoms. The van der Waals surface area contributed by atoms with E-state index in [1.807, 2.05) is 6.92 Å². The highest BCUT2D eigenvalue weighted by Crippen LogP contribution is 2.24. The predicted molar refractivity (Wildman–Crippen MR) is 69.0 cm³/mol. The SMILES string of the molecule is CCOC(=O)C1(NC(C)C)CCN(CC)CC1. The summed E-state index contributed by atoms with van der Waals surface area (Å²) in [6.07, 6.45) is 1.69. The molecule has 0 spiro atoms. The van der Waals surface area contributed by atoms with Crippen molar-refractivity contribution in [3.63, 3.8) is 0 Å². The second-order valence-electron chi connectivity index (χ2n) is 5.04. The molecule has 1 saturated heterocycles. The number of esters is 1. The van der Waals surface area contributed by atoms with E-state index in [2.05, 4.69) is 31.0 Å². The maximum absolute atomic E-state index is 12.1. The van der Waals surface area contributed by atoms with Gasteiger partial charge < -0.3 is 9.64 Å². The summed E-state index contributed by atoms with van der Waals surface area (Å²) in [5.74, 6) is -0.0792. The number of carbonyl (C=O) groups excluding carboxylic acids is 1. The Morgan fingerprint density at radius 3 is 2.35 bits per heavy atom. The molecule has 4 nitrogen and oxygen atoms in total. The van der Waals surface area contributed by atoms with Crippen LogP contribution in [0.4, 0.5) is 0 Å². The minimum Gasteiger partial charge on any atom is -0.465 e. The molecule has 0 aromatic heterocycles. The molecule has 0 saturated carbocycles. The third-order valence-corrected chi connectivity index (χ3v) is 3.39. The van der Waals surface area contributed by atoms with Gasteiger partial charge in [-0.05, 0) is 40.2 Å². The van der Waals surface area contributed by atoms with Crippen molar-refractivity contribution in [3.8, 4) is 0 Å². The highest BCUT2D eigenvalue weighted by molar-refractivity contribution is 5.81. The van der Waals surface area contributed by atoms with Gasteiger partial charge in [-0.25, -0.2) is 0 Å². The lowest BCUT2D eigenvalue weighted by molar-refractivity contribution is -0.154. The molecule has 1 heterocycles. The van der Waals surface area contributed by atoms with Gasteiger partial charge in [0.2, 0.25) is 0 Å². The standard InChI is InChI=1S/C13H26N2O2/c1-5-15-9-7-13(8-10-15,14-11(3)4)12(16)17-6-2/h11,14H,5-10H2,1-4H3. The van der Waals surface area contributed by atoms with E-state index in [4.69, 9.17) is 4.74 Å². The first-order valence-corrected chi connectivity index (χ1v) is 6.71. The number of ether oxygens (including phenoxy) is 1. The van der Waals surface area contributed by atoms with E-state index in [1.165, 1.54) is 0 Å². The first-order valence-electron chi connectivity index (χ1n) is 6.71. The lowest BCUT2D eigenvalue weighted by Gasteiger charge is -2.41. The number of carbonyl (C=O) groups is 1. The van der Waals surface area contributed by atoms with Crippen molar-refractivity contribution in [1.29, 1.82) is 0 Å². The smallest absolute Gasteiger partial charge is 0.326 e. The van der Waals surface area contributed by atoms with Crippen LogP contribution in [0.25, 0.3) is 0 Å². The van der Waals surface area contributed by atoms with Crippen LogP contribution < -0.4 is 5.32 Å². The van der Waals surface area contributed by atoms with Gasteiger partial charge in [0.25, 0.3) is 0 Å². The van der Waals surface area contributed by atoms with Crippen LogP contribution in [-0.2, 0) is 9.53 Å². The van der Waals surface area contributed by atoms with Gasteiger partial charge >= 0.3 is 5.97 Å². The molecule has 0 amide bonds. The third-order valence-electron chi connectivity index (χ3n) is 3.39. The number of nitrogens with one attached hydrogen (secondary N) is 1. The van der Waals surface area contributed by atoms with E-state index < -0.39 is 5.54 Å². The van der Waals surface area contributed by atoms with Gasteiger partial charge in [0, 0.05) is 19.1 Å². The summed E-state index contributed by atoms with van der Waals surface area (Å²) in [6, 6.07) is 0.299. The Morgan fingerprint density at radius 2 is 1.94 bits per heavy atom. The zero-order valence-corrected chi connectivity index (χ0v) is 11.6. The number of hydrogen-bond donors (Lipinski definition) is 1.